The number of nitrogens with zero attached hydrogens (tertiary/aromatic N) is 5. The largest absolute Gasteiger partial charge is 0.390 e. The van der Waals surface area contributed by atoms with E-state index in [4.69, 9.17) is 0 Å². The summed E-state index contributed by atoms with van der Waals surface area (Å²) in [5.41, 5.74) is 4.48. The molecular weight excluding hydrogens is 352 g/mol. The number of rotatable bonds is 5. The van der Waals surface area contributed by atoms with Crippen LogP contribution in [0.5, 0.6) is 0 Å². The fraction of sp³-hybridized carbons (Fsp3) is 0.211. The molecule has 0 fully saturated rings. The Morgan fingerprint density at radius 1 is 1.15 bits per heavy atom. The molecule has 0 saturated carbocycles. The van der Waals surface area contributed by atoms with Crippen LogP contribution in [0.4, 0.5) is 8.78 Å². The van der Waals surface area contributed by atoms with Crippen molar-refractivity contribution < 1.29 is 13.9 Å². The van der Waals surface area contributed by atoms with E-state index >= 15 is 0 Å². The number of aryl methyl sites for hydroxylation is 1. The zero-order chi connectivity index (χ0) is 19.0. The first-order chi connectivity index (χ1) is 13.1. The number of imidazole rings is 2. The minimum absolute atomic E-state index is 0.173. The molecule has 1 N–H and O–H groups in total. The highest BCUT2D eigenvalue weighted by Gasteiger charge is 2.19. The molecule has 0 unspecified atom stereocenters. The predicted octanol–water partition coefficient (Wildman–Crippen LogP) is 3.33. The van der Waals surface area contributed by atoms with Crippen LogP contribution in [0.2, 0.25) is 0 Å². The molecule has 0 radical (unpaired) electrons. The summed E-state index contributed by atoms with van der Waals surface area (Å²) in [5, 5.41) is 9.50. The topological polar surface area (TPSA) is 68.2 Å². The number of alkyl halides is 2. The van der Waals surface area contributed by atoms with Crippen LogP contribution in [0.3, 0.4) is 0 Å². The molecule has 0 saturated heterocycles. The van der Waals surface area contributed by atoms with Gasteiger partial charge in [0.25, 0.3) is 6.43 Å². The van der Waals surface area contributed by atoms with Gasteiger partial charge in [0.15, 0.2) is 0 Å². The summed E-state index contributed by atoms with van der Waals surface area (Å²) in [4.78, 5) is 13.1. The van der Waals surface area contributed by atoms with Gasteiger partial charge in [-0.25, -0.2) is 18.7 Å². The van der Waals surface area contributed by atoms with Gasteiger partial charge in [-0.2, -0.15) is 0 Å². The van der Waals surface area contributed by atoms with Crippen molar-refractivity contribution in [1.29, 1.82) is 0 Å². The Morgan fingerprint density at radius 2 is 2.00 bits per heavy atom. The highest BCUT2D eigenvalue weighted by Crippen LogP contribution is 2.31. The SMILES string of the molecule is Cc1cccc(-c2ncn(CC(F)F)c2-c2ccc3ncc(CO)n3c2)n1. The predicted molar refractivity (Wildman–Crippen MR) is 96.3 cm³/mol. The van der Waals surface area contributed by atoms with Gasteiger partial charge in [0.2, 0.25) is 0 Å². The van der Waals surface area contributed by atoms with E-state index < -0.39 is 13.0 Å². The monoisotopic (exact) mass is 369 g/mol. The summed E-state index contributed by atoms with van der Waals surface area (Å²) >= 11 is 0. The summed E-state index contributed by atoms with van der Waals surface area (Å²) in [5.74, 6) is 0. The van der Waals surface area contributed by atoms with Gasteiger partial charge >= 0.3 is 0 Å². The van der Waals surface area contributed by atoms with Crippen molar-refractivity contribution in [3.8, 4) is 22.6 Å². The lowest BCUT2D eigenvalue weighted by molar-refractivity contribution is 0.127. The summed E-state index contributed by atoms with van der Waals surface area (Å²) in [6.07, 6.45) is 2.25. The van der Waals surface area contributed by atoms with Crippen LogP contribution in [0.1, 0.15) is 11.4 Å². The quantitative estimate of drug-likeness (QED) is 0.586. The molecule has 0 aliphatic carbocycles. The van der Waals surface area contributed by atoms with E-state index in [1.165, 1.54) is 10.9 Å². The molecule has 0 atom stereocenters. The Balaban J connectivity index is 1.93. The Bertz CT molecular complexity index is 1100. The molecule has 8 heteroatoms. The second-order valence-corrected chi connectivity index (χ2v) is 6.20. The van der Waals surface area contributed by atoms with Gasteiger partial charge in [0.05, 0.1) is 42.8 Å². The Kier molecular flexibility index (Phi) is 4.41. The first-order valence-electron chi connectivity index (χ1n) is 8.41. The van der Waals surface area contributed by atoms with Gasteiger partial charge in [0, 0.05) is 17.5 Å². The van der Waals surface area contributed by atoms with Gasteiger partial charge in [-0.05, 0) is 31.2 Å². The lowest BCUT2D eigenvalue weighted by atomic mass is 10.1. The third-order valence-electron chi connectivity index (χ3n) is 4.32. The van der Waals surface area contributed by atoms with Crippen molar-refractivity contribution in [2.45, 2.75) is 26.5 Å². The van der Waals surface area contributed by atoms with Crippen LogP contribution < -0.4 is 0 Å². The third-order valence-corrected chi connectivity index (χ3v) is 4.32. The van der Waals surface area contributed by atoms with Gasteiger partial charge in [-0.15, -0.1) is 0 Å². The molecule has 0 amide bonds. The van der Waals surface area contributed by atoms with E-state index in [0.29, 0.717) is 34.0 Å². The van der Waals surface area contributed by atoms with E-state index in [1.54, 1.807) is 28.9 Å². The number of aliphatic hydroxyl groups excluding tert-OH is 1. The van der Waals surface area contributed by atoms with Crippen LogP contribution in [-0.2, 0) is 13.2 Å². The third kappa shape index (κ3) is 3.19. The van der Waals surface area contributed by atoms with E-state index in [-0.39, 0.29) is 6.61 Å². The molecule has 0 bridgehead atoms. The van der Waals surface area contributed by atoms with Gasteiger partial charge < -0.3 is 14.1 Å². The lowest BCUT2D eigenvalue weighted by Gasteiger charge is -2.11. The van der Waals surface area contributed by atoms with Crippen molar-refractivity contribution >= 4 is 5.65 Å². The van der Waals surface area contributed by atoms with E-state index in [9.17, 15) is 13.9 Å². The number of hydrogen-bond acceptors (Lipinski definition) is 4. The number of aromatic nitrogens is 5. The van der Waals surface area contributed by atoms with Gasteiger partial charge in [-0.3, -0.25) is 4.98 Å². The average Bonchev–Trinajstić information content (AvgIpc) is 3.24. The second-order valence-electron chi connectivity index (χ2n) is 6.20. The highest BCUT2D eigenvalue weighted by molar-refractivity contribution is 5.77. The lowest BCUT2D eigenvalue weighted by Crippen LogP contribution is -2.07. The van der Waals surface area contributed by atoms with Crippen LogP contribution in [-0.4, -0.2) is 35.5 Å². The Hall–Kier alpha value is -3.13. The Labute approximate surface area is 153 Å². The van der Waals surface area contributed by atoms with Crippen LogP contribution in [0, 0.1) is 6.92 Å². The minimum atomic E-state index is -2.51. The van der Waals surface area contributed by atoms with E-state index in [0.717, 1.165) is 5.69 Å². The number of halogens is 2. The maximum Gasteiger partial charge on any atom is 0.256 e. The maximum atomic E-state index is 13.1. The molecule has 0 aromatic carbocycles. The molecule has 27 heavy (non-hydrogen) atoms. The molecule has 4 aromatic rings. The molecule has 0 aliphatic heterocycles. The van der Waals surface area contributed by atoms with Gasteiger partial charge in [0.1, 0.15) is 11.3 Å². The molecule has 4 rings (SSSR count). The normalized spacial score (nSPS) is 11.6. The van der Waals surface area contributed by atoms with Crippen molar-refractivity contribution in [2.24, 2.45) is 0 Å². The van der Waals surface area contributed by atoms with Crippen molar-refractivity contribution in [2.75, 3.05) is 0 Å². The molecule has 0 aliphatic rings. The number of pyridine rings is 2. The standard InChI is InChI=1S/C19H17F2N5O/c1-12-3-2-4-15(24-12)18-19(25(11-23-18)9-16(20)21)13-5-6-17-22-7-14(10-27)26(17)8-13/h2-8,11,16,27H,9-10H2,1H3. The van der Waals surface area contributed by atoms with Crippen molar-refractivity contribution in [3.05, 3.63) is 60.4 Å². The zero-order valence-electron chi connectivity index (χ0n) is 14.5. The average molecular weight is 369 g/mol. The fourth-order valence-corrected chi connectivity index (χ4v) is 3.12. The highest BCUT2D eigenvalue weighted by atomic mass is 19.3. The number of fused-ring (bicyclic) bond motifs is 1. The second kappa shape index (κ2) is 6.88. The first kappa shape index (κ1) is 17.3. The number of hydrogen-bond donors (Lipinski definition) is 1. The van der Waals surface area contributed by atoms with Crippen LogP contribution >= 0.6 is 0 Å². The first-order valence-corrected chi connectivity index (χ1v) is 8.41. The van der Waals surface area contributed by atoms with Crippen LogP contribution in [0.25, 0.3) is 28.3 Å². The summed E-state index contributed by atoms with van der Waals surface area (Å²) < 4.78 is 29.4. The summed E-state index contributed by atoms with van der Waals surface area (Å²) in [6.45, 7) is 1.22. The van der Waals surface area contributed by atoms with Gasteiger partial charge in [-0.1, -0.05) is 6.07 Å². The molecule has 4 heterocycles. The van der Waals surface area contributed by atoms with Crippen molar-refractivity contribution in [3.63, 3.8) is 0 Å². The minimum Gasteiger partial charge on any atom is -0.390 e. The van der Waals surface area contributed by atoms with Crippen LogP contribution in [0.15, 0.2) is 49.1 Å². The molecular formula is C19H17F2N5O. The van der Waals surface area contributed by atoms with Crippen molar-refractivity contribution in [1.82, 2.24) is 23.9 Å². The zero-order valence-corrected chi connectivity index (χ0v) is 14.5. The smallest absolute Gasteiger partial charge is 0.256 e. The van der Waals surface area contributed by atoms with E-state index in [1.807, 2.05) is 25.1 Å². The molecule has 0 spiro atoms. The summed E-state index contributed by atoms with van der Waals surface area (Å²) in [7, 11) is 0. The maximum absolute atomic E-state index is 13.1. The Morgan fingerprint density at radius 3 is 2.74 bits per heavy atom. The van der Waals surface area contributed by atoms with E-state index in [2.05, 4.69) is 15.0 Å². The molecule has 138 valence electrons. The molecule has 6 nitrogen and oxygen atoms in total. The number of aliphatic hydroxyl groups is 1. The molecule has 4 aromatic heterocycles. The summed E-state index contributed by atoms with van der Waals surface area (Å²) in [6, 6.07) is 9.12. The fourth-order valence-electron chi connectivity index (χ4n) is 3.12.